The highest BCUT2D eigenvalue weighted by atomic mass is 32.2. The summed E-state index contributed by atoms with van der Waals surface area (Å²) in [4.78, 5) is 8.87. The fraction of sp³-hybridized carbons (Fsp3) is 0.533. The molecule has 1 aliphatic heterocycles. The lowest BCUT2D eigenvalue weighted by Gasteiger charge is -2.33. The van der Waals surface area contributed by atoms with Crippen LogP contribution in [0.5, 0.6) is 0 Å². The number of nitrogens with one attached hydrogen (secondary N) is 1. The Kier molecular flexibility index (Phi) is 4.93. The Labute approximate surface area is 142 Å². The maximum atomic E-state index is 12.3. The molecule has 9 heteroatoms. The molecule has 0 aliphatic carbocycles. The first kappa shape index (κ1) is 17.0. The number of rotatable bonds is 5. The highest BCUT2D eigenvalue weighted by Crippen LogP contribution is 2.26. The van der Waals surface area contributed by atoms with Crippen LogP contribution in [0.2, 0.25) is 0 Å². The third-order valence-corrected chi connectivity index (χ3v) is 6.19. The van der Waals surface area contributed by atoms with Gasteiger partial charge in [0, 0.05) is 45.8 Å². The third kappa shape index (κ3) is 3.47. The van der Waals surface area contributed by atoms with Crippen LogP contribution >= 0.6 is 0 Å². The molecule has 130 valence electrons. The van der Waals surface area contributed by atoms with E-state index in [1.54, 1.807) is 37.0 Å². The lowest BCUT2D eigenvalue weighted by molar-refractivity contribution is 0.253. The smallest absolute Gasteiger partial charge is 0.276 e. The summed E-state index contributed by atoms with van der Waals surface area (Å²) in [7, 11) is -0.229. The van der Waals surface area contributed by atoms with E-state index >= 15 is 0 Å². The van der Waals surface area contributed by atoms with Crippen molar-refractivity contribution in [3.05, 3.63) is 30.4 Å². The monoisotopic (exact) mass is 350 g/mol. The Morgan fingerprint density at radius 1 is 1.29 bits per heavy atom. The molecule has 1 saturated heterocycles. The first-order chi connectivity index (χ1) is 11.5. The van der Waals surface area contributed by atoms with Gasteiger partial charge in [0.2, 0.25) is 0 Å². The first-order valence-corrected chi connectivity index (χ1v) is 9.35. The molecule has 2 aromatic rings. The molecule has 0 unspecified atom stereocenters. The van der Waals surface area contributed by atoms with Crippen molar-refractivity contribution in [3.8, 4) is 11.4 Å². The summed E-state index contributed by atoms with van der Waals surface area (Å²) < 4.78 is 27.5. The zero-order valence-corrected chi connectivity index (χ0v) is 14.7. The number of hydrogen-bond acceptors (Lipinski definition) is 5. The van der Waals surface area contributed by atoms with Crippen molar-refractivity contribution in [2.24, 2.45) is 5.92 Å². The van der Waals surface area contributed by atoms with Crippen LogP contribution < -0.4 is 0 Å². The van der Waals surface area contributed by atoms with Gasteiger partial charge in [0.05, 0.1) is 11.4 Å². The normalized spacial score (nSPS) is 19.7. The quantitative estimate of drug-likeness (QED) is 0.865. The van der Waals surface area contributed by atoms with Gasteiger partial charge in [-0.15, -0.1) is 0 Å². The molecule has 0 bridgehead atoms. The summed E-state index contributed by atoms with van der Waals surface area (Å²) in [5.74, 6) is 0.229. The van der Waals surface area contributed by atoms with Crippen LogP contribution in [0.4, 0.5) is 0 Å². The van der Waals surface area contributed by atoms with Gasteiger partial charge < -0.3 is 0 Å². The summed E-state index contributed by atoms with van der Waals surface area (Å²) in [6, 6.07) is 1.86. The molecule has 8 nitrogen and oxygen atoms in total. The number of aromatic amines is 1. The van der Waals surface area contributed by atoms with Gasteiger partial charge in [0.25, 0.3) is 10.2 Å². The number of nitrogens with zero attached hydrogens (tertiary/aromatic N) is 5. The van der Waals surface area contributed by atoms with E-state index in [2.05, 4.69) is 20.2 Å². The molecule has 0 saturated carbocycles. The fourth-order valence-electron chi connectivity index (χ4n) is 3.04. The molecular weight excluding hydrogens is 328 g/mol. The SMILES string of the molecule is CN(C)S(=O)(=O)N1CCC[C@H](Cc2nccnc2-c2ccn[nH]2)C1. The van der Waals surface area contributed by atoms with Crippen LogP contribution in [-0.4, -0.2) is 64.4 Å². The fourth-order valence-corrected chi connectivity index (χ4v) is 4.26. The largest absolute Gasteiger partial charge is 0.281 e. The molecule has 1 aliphatic rings. The van der Waals surface area contributed by atoms with Crippen LogP contribution in [0.3, 0.4) is 0 Å². The summed E-state index contributed by atoms with van der Waals surface area (Å²) >= 11 is 0. The van der Waals surface area contributed by atoms with Crippen LogP contribution in [0, 0.1) is 5.92 Å². The van der Waals surface area contributed by atoms with Crippen LogP contribution in [0.1, 0.15) is 18.5 Å². The highest BCUT2D eigenvalue weighted by Gasteiger charge is 2.31. The van der Waals surface area contributed by atoms with Crippen molar-refractivity contribution < 1.29 is 8.42 Å². The van der Waals surface area contributed by atoms with E-state index in [1.165, 1.54) is 4.31 Å². The van der Waals surface area contributed by atoms with Gasteiger partial charge in [-0.2, -0.15) is 22.1 Å². The second-order valence-electron chi connectivity index (χ2n) is 6.18. The summed E-state index contributed by atoms with van der Waals surface area (Å²) in [5.41, 5.74) is 2.48. The van der Waals surface area contributed by atoms with E-state index in [1.807, 2.05) is 6.07 Å². The third-order valence-electron chi connectivity index (χ3n) is 4.28. The van der Waals surface area contributed by atoms with Crippen molar-refractivity contribution in [1.29, 1.82) is 0 Å². The number of piperidine rings is 1. The topological polar surface area (TPSA) is 95.1 Å². The minimum Gasteiger partial charge on any atom is -0.276 e. The minimum atomic E-state index is -3.36. The van der Waals surface area contributed by atoms with Crippen LogP contribution in [0.15, 0.2) is 24.7 Å². The van der Waals surface area contributed by atoms with Crippen molar-refractivity contribution in [3.63, 3.8) is 0 Å². The van der Waals surface area contributed by atoms with Gasteiger partial charge in [-0.3, -0.25) is 15.1 Å². The van der Waals surface area contributed by atoms with E-state index in [-0.39, 0.29) is 5.92 Å². The zero-order valence-electron chi connectivity index (χ0n) is 13.9. The van der Waals surface area contributed by atoms with Crippen molar-refractivity contribution in [2.45, 2.75) is 19.3 Å². The van der Waals surface area contributed by atoms with Crippen molar-refractivity contribution in [1.82, 2.24) is 28.8 Å². The maximum absolute atomic E-state index is 12.3. The molecule has 1 atom stereocenters. The second kappa shape index (κ2) is 6.96. The molecule has 0 aromatic carbocycles. The molecule has 0 spiro atoms. The predicted octanol–water partition coefficient (Wildman–Crippen LogP) is 0.928. The molecule has 24 heavy (non-hydrogen) atoms. The van der Waals surface area contributed by atoms with Gasteiger partial charge in [0.1, 0.15) is 5.69 Å². The zero-order chi connectivity index (χ0) is 17.2. The molecular formula is C15H22N6O2S. The molecule has 0 radical (unpaired) electrons. The highest BCUT2D eigenvalue weighted by molar-refractivity contribution is 7.86. The minimum absolute atomic E-state index is 0.229. The lowest BCUT2D eigenvalue weighted by atomic mass is 9.93. The summed E-state index contributed by atoms with van der Waals surface area (Å²) in [5, 5.41) is 6.88. The standard InChI is InChI=1S/C15H22N6O2S/c1-20(2)24(22,23)21-9-3-4-12(11-21)10-14-15(17-8-7-16-14)13-5-6-18-19-13/h5-8,12H,3-4,9-11H2,1-2H3,(H,18,19)/t12-/m1/s1. The Bertz CT molecular complexity index is 775. The summed E-state index contributed by atoms with van der Waals surface area (Å²) in [6.07, 6.45) is 7.55. The molecule has 3 heterocycles. The average Bonchev–Trinajstić information content (AvgIpc) is 3.10. The first-order valence-electron chi connectivity index (χ1n) is 7.95. The lowest BCUT2D eigenvalue weighted by Crippen LogP contribution is -2.45. The van der Waals surface area contributed by atoms with E-state index in [0.717, 1.165) is 29.9 Å². The van der Waals surface area contributed by atoms with Crippen LogP contribution in [-0.2, 0) is 16.6 Å². The summed E-state index contributed by atoms with van der Waals surface area (Å²) in [6.45, 7) is 1.09. The van der Waals surface area contributed by atoms with E-state index in [4.69, 9.17) is 0 Å². The predicted molar refractivity (Wildman–Crippen MR) is 90.2 cm³/mol. The van der Waals surface area contributed by atoms with Crippen LogP contribution in [0.25, 0.3) is 11.4 Å². The number of aromatic nitrogens is 4. The van der Waals surface area contributed by atoms with Gasteiger partial charge in [-0.05, 0) is 31.2 Å². The van der Waals surface area contributed by atoms with Gasteiger partial charge >= 0.3 is 0 Å². The van der Waals surface area contributed by atoms with E-state index < -0.39 is 10.2 Å². The molecule has 2 aromatic heterocycles. The molecule has 0 amide bonds. The Morgan fingerprint density at radius 3 is 2.79 bits per heavy atom. The molecule has 3 rings (SSSR count). The number of H-pyrrole nitrogens is 1. The number of hydrogen-bond donors (Lipinski definition) is 1. The second-order valence-corrected chi connectivity index (χ2v) is 8.32. The Morgan fingerprint density at radius 2 is 2.08 bits per heavy atom. The van der Waals surface area contributed by atoms with E-state index in [9.17, 15) is 8.42 Å². The van der Waals surface area contributed by atoms with Crippen molar-refractivity contribution >= 4 is 10.2 Å². The Hall–Kier alpha value is -1.84. The van der Waals surface area contributed by atoms with Crippen molar-refractivity contribution in [2.75, 3.05) is 27.2 Å². The maximum Gasteiger partial charge on any atom is 0.281 e. The van der Waals surface area contributed by atoms with Gasteiger partial charge in [-0.25, -0.2) is 0 Å². The molecule has 1 fully saturated rings. The Balaban J connectivity index is 1.78. The van der Waals surface area contributed by atoms with Gasteiger partial charge in [-0.1, -0.05) is 0 Å². The molecule has 1 N–H and O–H groups in total. The van der Waals surface area contributed by atoms with Gasteiger partial charge in [0.15, 0.2) is 0 Å². The average molecular weight is 350 g/mol. The van der Waals surface area contributed by atoms with E-state index in [0.29, 0.717) is 19.5 Å².